The average molecular weight is 338 g/mol. The van der Waals surface area contributed by atoms with E-state index in [1.54, 1.807) is 12.1 Å². The lowest BCUT2D eigenvalue weighted by Gasteiger charge is -2.14. The van der Waals surface area contributed by atoms with E-state index in [0.717, 1.165) is 25.1 Å². The summed E-state index contributed by atoms with van der Waals surface area (Å²) in [5.41, 5.74) is 2.75. The fraction of sp³-hybridized carbons (Fsp3) is 0.263. The van der Waals surface area contributed by atoms with Crippen molar-refractivity contribution in [3.8, 4) is 0 Å². The summed E-state index contributed by atoms with van der Waals surface area (Å²) >= 11 is 0. The molecule has 2 aromatic rings. The van der Waals surface area contributed by atoms with E-state index in [2.05, 4.69) is 21.3 Å². The van der Waals surface area contributed by atoms with E-state index in [9.17, 15) is 9.59 Å². The standard InChI is InChI=1S/C19H22N4O2/c1-13-7-8-14(18(24)21-16-9-10-20-12-16)11-17(13)23-19(25)22-15-5-3-2-4-6-15/h2-8,11,16,20H,9-10,12H2,1H3,(H,21,24)(H2,22,23,25). The van der Waals surface area contributed by atoms with Crippen LogP contribution in [0.3, 0.4) is 0 Å². The zero-order valence-corrected chi connectivity index (χ0v) is 14.1. The van der Waals surface area contributed by atoms with Crippen molar-refractivity contribution in [3.05, 3.63) is 59.7 Å². The van der Waals surface area contributed by atoms with Crippen LogP contribution in [0.5, 0.6) is 0 Å². The third-order valence-electron chi connectivity index (χ3n) is 4.18. The van der Waals surface area contributed by atoms with Gasteiger partial charge in [0.1, 0.15) is 0 Å². The summed E-state index contributed by atoms with van der Waals surface area (Å²) in [4.78, 5) is 24.5. The molecule has 0 bridgehead atoms. The van der Waals surface area contributed by atoms with Gasteiger partial charge in [-0.1, -0.05) is 24.3 Å². The van der Waals surface area contributed by atoms with E-state index in [1.807, 2.05) is 43.3 Å². The van der Waals surface area contributed by atoms with Crippen LogP contribution < -0.4 is 21.3 Å². The predicted octanol–water partition coefficient (Wildman–Crippen LogP) is 2.73. The van der Waals surface area contributed by atoms with Crippen LogP contribution in [0.15, 0.2) is 48.5 Å². The molecule has 25 heavy (non-hydrogen) atoms. The maximum absolute atomic E-state index is 12.4. The Hall–Kier alpha value is -2.86. The van der Waals surface area contributed by atoms with Crippen molar-refractivity contribution < 1.29 is 9.59 Å². The lowest BCUT2D eigenvalue weighted by Crippen LogP contribution is -2.36. The number of anilines is 2. The van der Waals surface area contributed by atoms with Gasteiger partial charge in [-0.05, 0) is 49.7 Å². The highest BCUT2D eigenvalue weighted by Gasteiger charge is 2.18. The molecule has 1 aliphatic heterocycles. The topological polar surface area (TPSA) is 82.3 Å². The Morgan fingerprint density at radius 3 is 2.60 bits per heavy atom. The van der Waals surface area contributed by atoms with Crippen molar-refractivity contribution in [1.82, 2.24) is 10.6 Å². The molecule has 1 saturated heterocycles. The molecule has 130 valence electrons. The molecule has 3 rings (SSSR count). The molecule has 0 radical (unpaired) electrons. The van der Waals surface area contributed by atoms with Gasteiger partial charge < -0.3 is 21.3 Å². The first-order chi connectivity index (χ1) is 12.1. The molecule has 0 spiro atoms. The van der Waals surface area contributed by atoms with Crippen LogP contribution in [0, 0.1) is 6.92 Å². The van der Waals surface area contributed by atoms with Gasteiger partial charge in [0.05, 0.1) is 0 Å². The lowest BCUT2D eigenvalue weighted by molar-refractivity contribution is 0.0940. The van der Waals surface area contributed by atoms with Crippen molar-refractivity contribution in [2.75, 3.05) is 23.7 Å². The molecular formula is C19H22N4O2. The highest BCUT2D eigenvalue weighted by Crippen LogP contribution is 2.18. The monoisotopic (exact) mass is 338 g/mol. The van der Waals surface area contributed by atoms with Gasteiger partial charge in [-0.25, -0.2) is 4.79 Å². The number of aryl methyl sites for hydroxylation is 1. The molecule has 0 saturated carbocycles. The minimum atomic E-state index is -0.341. The molecule has 0 aliphatic carbocycles. The van der Waals surface area contributed by atoms with Gasteiger partial charge in [0.2, 0.25) is 0 Å². The molecule has 1 heterocycles. The number of urea groups is 1. The number of amides is 3. The Morgan fingerprint density at radius 1 is 1.08 bits per heavy atom. The quantitative estimate of drug-likeness (QED) is 0.692. The van der Waals surface area contributed by atoms with Gasteiger partial charge in [-0.2, -0.15) is 0 Å². The minimum Gasteiger partial charge on any atom is -0.348 e. The Labute approximate surface area is 147 Å². The van der Waals surface area contributed by atoms with Gasteiger partial charge in [0.15, 0.2) is 0 Å². The zero-order valence-electron chi connectivity index (χ0n) is 14.1. The third kappa shape index (κ3) is 4.58. The van der Waals surface area contributed by atoms with Gasteiger partial charge in [0, 0.05) is 29.5 Å². The van der Waals surface area contributed by atoms with Crippen LogP contribution in [0.1, 0.15) is 22.3 Å². The van der Waals surface area contributed by atoms with Gasteiger partial charge in [-0.15, -0.1) is 0 Å². The van der Waals surface area contributed by atoms with Gasteiger partial charge in [-0.3, -0.25) is 4.79 Å². The van der Waals surface area contributed by atoms with E-state index in [4.69, 9.17) is 0 Å². The largest absolute Gasteiger partial charge is 0.348 e. The predicted molar refractivity (Wildman–Crippen MR) is 99.0 cm³/mol. The number of benzene rings is 2. The van der Waals surface area contributed by atoms with Crippen LogP contribution in [-0.4, -0.2) is 31.1 Å². The molecule has 6 nitrogen and oxygen atoms in total. The molecular weight excluding hydrogens is 316 g/mol. The first kappa shape index (κ1) is 17.0. The maximum atomic E-state index is 12.4. The second-order valence-corrected chi connectivity index (χ2v) is 6.14. The summed E-state index contributed by atoms with van der Waals surface area (Å²) in [7, 11) is 0. The highest BCUT2D eigenvalue weighted by molar-refractivity contribution is 6.02. The molecule has 4 N–H and O–H groups in total. The molecule has 2 aromatic carbocycles. The number of nitrogens with one attached hydrogen (secondary N) is 4. The highest BCUT2D eigenvalue weighted by atomic mass is 16.2. The van der Waals surface area contributed by atoms with Crippen LogP contribution in [0.4, 0.5) is 16.2 Å². The molecule has 1 fully saturated rings. The summed E-state index contributed by atoms with van der Waals surface area (Å²) < 4.78 is 0. The number of hydrogen-bond donors (Lipinski definition) is 4. The Kier molecular flexibility index (Phi) is 5.30. The van der Waals surface area contributed by atoms with Crippen LogP contribution in [0.25, 0.3) is 0 Å². The summed E-state index contributed by atoms with van der Waals surface area (Å²) in [6, 6.07) is 14.3. The number of carbonyl (C=O) groups excluding carboxylic acids is 2. The number of carbonyl (C=O) groups is 2. The molecule has 3 amide bonds. The number of para-hydroxylation sites is 1. The summed E-state index contributed by atoms with van der Waals surface area (Å²) in [5, 5.41) is 11.8. The van der Waals surface area contributed by atoms with Crippen molar-refractivity contribution in [2.24, 2.45) is 0 Å². The van der Waals surface area contributed by atoms with E-state index in [-0.39, 0.29) is 18.0 Å². The third-order valence-corrected chi connectivity index (χ3v) is 4.18. The fourth-order valence-electron chi connectivity index (χ4n) is 2.75. The molecule has 1 unspecified atom stereocenters. The number of rotatable bonds is 4. The molecule has 6 heteroatoms. The van der Waals surface area contributed by atoms with E-state index in [0.29, 0.717) is 16.9 Å². The first-order valence-electron chi connectivity index (χ1n) is 8.37. The summed E-state index contributed by atoms with van der Waals surface area (Å²) in [6.07, 6.45) is 0.933. The Balaban J connectivity index is 1.66. The molecule has 1 atom stereocenters. The van der Waals surface area contributed by atoms with Crippen molar-refractivity contribution in [1.29, 1.82) is 0 Å². The fourth-order valence-corrected chi connectivity index (χ4v) is 2.75. The van der Waals surface area contributed by atoms with Crippen molar-refractivity contribution in [3.63, 3.8) is 0 Å². The SMILES string of the molecule is Cc1ccc(C(=O)NC2CCNC2)cc1NC(=O)Nc1ccccc1. The maximum Gasteiger partial charge on any atom is 0.323 e. The van der Waals surface area contributed by atoms with E-state index >= 15 is 0 Å². The lowest BCUT2D eigenvalue weighted by atomic mass is 10.1. The number of hydrogen-bond acceptors (Lipinski definition) is 3. The van der Waals surface area contributed by atoms with Crippen LogP contribution in [0.2, 0.25) is 0 Å². The molecule has 1 aliphatic rings. The molecule has 0 aromatic heterocycles. The second kappa shape index (κ2) is 7.81. The van der Waals surface area contributed by atoms with Crippen LogP contribution in [-0.2, 0) is 0 Å². The average Bonchev–Trinajstić information content (AvgIpc) is 3.10. The van der Waals surface area contributed by atoms with Gasteiger partial charge >= 0.3 is 6.03 Å². The van der Waals surface area contributed by atoms with E-state index < -0.39 is 0 Å². The van der Waals surface area contributed by atoms with E-state index in [1.165, 1.54) is 0 Å². The normalized spacial score (nSPS) is 16.3. The Bertz CT molecular complexity index is 755. The smallest absolute Gasteiger partial charge is 0.323 e. The van der Waals surface area contributed by atoms with Crippen molar-refractivity contribution in [2.45, 2.75) is 19.4 Å². The minimum absolute atomic E-state index is 0.125. The summed E-state index contributed by atoms with van der Waals surface area (Å²) in [6.45, 7) is 3.61. The van der Waals surface area contributed by atoms with Gasteiger partial charge in [0.25, 0.3) is 5.91 Å². The zero-order chi connectivity index (χ0) is 17.6. The first-order valence-corrected chi connectivity index (χ1v) is 8.37. The van der Waals surface area contributed by atoms with Crippen LogP contribution >= 0.6 is 0 Å². The van der Waals surface area contributed by atoms with Crippen molar-refractivity contribution >= 4 is 23.3 Å². The second-order valence-electron chi connectivity index (χ2n) is 6.14. The summed E-state index contributed by atoms with van der Waals surface area (Å²) in [5.74, 6) is -0.125. The Morgan fingerprint density at radius 2 is 1.88 bits per heavy atom.